The first-order valence-electron chi connectivity index (χ1n) is 7.40. The van der Waals surface area contributed by atoms with Crippen molar-refractivity contribution in [2.75, 3.05) is 0 Å². The fourth-order valence-electron chi connectivity index (χ4n) is 1.80. The summed E-state index contributed by atoms with van der Waals surface area (Å²) in [6.45, 7) is 0. The van der Waals surface area contributed by atoms with Crippen LogP contribution in [0.4, 0.5) is 65.9 Å². The van der Waals surface area contributed by atoms with Crippen LogP contribution in [0.1, 0.15) is 0 Å². The van der Waals surface area contributed by atoms with E-state index in [2.05, 4.69) is 4.18 Å². The molecule has 0 heterocycles. The number of halogens is 15. The Kier molecular flexibility index (Phi) is 9.23. The predicted octanol–water partition coefficient (Wildman–Crippen LogP) is 5.59. The predicted molar refractivity (Wildman–Crippen MR) is 81.9 cm³/mol. The molecule has 0 amide bonds. The Morgan fingerprint density at radius 3 is 1.41 bits per heavy atom. The van der Waals surface area contributed by atoms with E-state index in [4.69, 9.17) is 0 Å². The summed E-state index contributed by atoms with van der Waals surface area (Å²) in [4.78, 5) is -1.16. The van der Waals surface area contributed by atoms with E-state index in [9.17, 15) is 74.3 Å². The second-order valence-electron chi connectivity index (χ2n) is 5.81. The van der Waals surface area contributed by atoms with Crippen LogP contribution in [0, 0.1) is 0 Å². The molecule has 0 aliphatic rings. The minimum absolute atomic E-state index is 0. The van der Waals surface area contributed by atoms with Crippen LogP contribution in [0.15, 0.2) is 47.1 Å². The SMILES string of the molecule is O=S(=O)(OC(F)=C(F)C(F)(F)C(F)(F)C(F)(F)C(F)(F)C(F)(F)C(F)(F)F)c1ccccc1.[NaH]. The molecular formula is C14H6F15NaO3S. The third kappa shape index (κ3) is 5.11. The van der Waals surface area contributed by atoms with E-state index in [1.165, 1.54) is 0 Å². The van der Waals surface area contributed by atoms with Gasteiger partial charge in [0.25, 0.3) is 0 Å². The van der Waals surface area contributed by atoms with Crippen LogP contribution < -0.4 is 0 Å². The zero-order chi connectivity index (χ0) is 26.5. The molecule has 0 aromatic heterocycles. The summed E-state index contributed by atoms with van der Waals surface area (Å²) in [6.07, 6.45) is -7.70. The Hall–Kier alpha value is -1.34. The van der Waals surface area contributed by atoms with Gasteiger partial charge in [-0.05, 0) is 12.1 Å². The zero-order valence-corrected chi connectivity index (χ0v) is 15.5. The van der Waals surface area contributed by atoms with E-state index in [1.54, 1.807) is 0 Å². The van der Waals surface area contributed by atoms with Gasteiger partial charge in [0.05, 0.1) is 0 Å². The molecule has 192 valence electrons. The van der Waals surface area contributed by atoms with Crippen LogP contribution in [-0.4, -0.2) is 73.8 Å². The Balaban J connectivity index is 0.0000109. The standard InChI is InChI=1S/C14H5F15O3S.Na.H/c15-7(8(16)32-33(30,31)6-4-2-1-3-5-6)9(17,18)10(19,20)11(21,22)12(23,24)13(25,26)14(27,28)29;;/h1-5H;;. The third-order valence-electron chi connectivity index (χ3n) is 3.60. The second kappa shape index (κ2) is 9.61. The molecule has 3 nitrogen and oxygen atoms in total. The van der Waals surface area contributed by atoms with Crippen molar-refractivity contribution in [1.29, 1.82) is 0 Å². The Morgan fingerprint density at radius 1 is 0.647 bits per heavy atom. The fraction of sp³-hybridized carbons (Fsp3) is 0.429. The Morgan fingerprint density at radius 2 is 1.03 bits per heavy atom. The molecule has 0 bridgehead atoms. The molecule has 0 aliphatic heterocycles. The van der Waals surface area contributed by atoms with E-state index in [0.29, 0.717) is 12.1 Å². The van der Waals surface area contributed by atoms with E-state index >= 15 is 0 Å². The monoisotopic (exact) mass is 562 g/mol. The number of hydrogen-bond donors (Lipinski definition) is 0. The molecule has 0 radical (unpaired) electrons. The topological polar surface area (TPSA) is 43.4 Å². The number of benzene rings is 1. The zero-order valence-electron chi connectivity index (χ0n) is 14.7. The average Bonchev–Trinajstić information content (AvgIpc) is 2.66. The molecule has 20 heteroatoms. The van der Waals surface area contributed by atoms with Crippen molar-refractivity contribution >= 4 is 39.7 Å². The Labute approximate surface area is 201 Å². The molecule has 0 saturated heterocycles. The Bertz CT molecular complexity index is 1000. The van der Waals surface area contributed by atoms with Crippen LogP contribution >= 0.6 is 0 Å². The molecule has 34 heavy (non-hydrogen) atoms. The summed E-state index contributed by atoms with van der Waals surface area (Å²) in [5, 5.41) is 0. The van der Waals surface area contributed by atoms with Crippen molar-refractivity contribution in [2.24, 2.45) is 0 Å². The van der Waals surface area contributed by atoms with Gasteiger partial charge in [0, 0.05) is 0 Å². The van der Waals surface area contributed by atoms with Crippen molar-refractivity contribution in [3.63, 3.8) is 0 Å². The van der Waals surface area contributed by atoms with Crippen LogP contribution in [0.2, 0.25) is 0 Å². The summed E-state index contributed by atoms with van der Waals surface area (Å²) in [5.41, 5.74) is 0. The summed E-state index contributed by atoms with van der Waals surface area (Å²) >= 11 is 0. The number of allylic oxidation sites excluding steroid dienone is 1. The van der Waals surface area contributed by atoms with Gasteiger partial charge in [-0.25, -0.2) is 0 Å². The minimum atomic E-state index is -8.40. The number of rotatable bonds is 8. The molecule has 1 aromatic rings. The quantitative estimate of drug-likeness (QED) is 0.180. The molecule has 0 aliphatic carbocycles. The number of alkyl halides is 13. The normalized spacial score (nSPS) is 15.4. The third-order valence-corrected chi connectivity index (χ3v) is 4.81. The summed E-state index contributed by atoms with van der Waals surface area (Å²) < 4.78 is 221. The first-order valence-corrected chi connectivity index (χ1v) is 8.81. The van der Waals surface area contributed by atoms with Crippen molar-refractivity contribution in [3.8, 4) is 0 Å². The molecule has 1 aromatic carbocycles. The molecular weight excluding hydrogens is 556 g/mol. The molecule has 0 saturated carbocycles. The van der Waals surface area contributed by atoms with Gasteiger partial charge in [0.2, 0.25) is 5.83 Å². The fourth-order valence-corrected chi connectivity index (χ4v) is 2.65. The summed E-state index contributed by atoms with van der Waals surface area (Å²) in [7, 11) is -5.67. The van der Waals surface area contributed by atoms with Crippen LogP contribution in [0.3, 0.4) is 0 Å². The summed E-state index contributed by atoms with van der Waals surface area (Å²) in [5.74, 6) is -45.3. The van der Waals surface area contributed by atoms with Crippen molar-refractivity contribution < 1.29 is 78.5 Å². The van der Waals surface area contributed by atoms with Gasteiger partial charge in [-0.15, -0.1) is 0 Å². The van der Waals surface area contributed by atoms with Crippen molar-refractivity contribution in [2.45, 2.75) is 40.7 Å². The van der Waals surface area contributed by atoms with Gasteiger partial charge in [0.15, 0.2) is 0 Å². The van der Waals surface area contributed by atoms with Gasteiger partial charge in [-0.1, -0.05) is 18.2 Å². The molecule has 0 unspecified atom stereocenters. The van der Waals surface area contributed by atoms with Crippen LogP contribution in [0.5, 0.6) is 0 Å². The molecule has 0 N–H and O–H groups in total. The van der Waals surface area contributed by atoms with E-state index in [1.807, 2.05) is 0 Å². The average molecular weight is 562 g/mol. The van der Waals surface area contributed by atoms with Gasteiger partial charge in [0.1, 0.15) is 4.90 Å². The van der Waals surface area contributed by atoms with Crippen LogP contribution in [-0.2, 0) is 14.3 Å². The summed E-state index contributed by atoms with van der Waals surface area (Å²) in [6, 6.07) is -0.0202. The molecule has 0 atom stereocenters. The van der Waals surface area contributed by atoms with E-state index in [-0.39, 0.29) is 29.6 Å². The van der Waals surface area contributed by atoms with E-state index < -0.39 is 62.6 Å². The molecule has 0 fully saturated rings. The first-order chi connectivity index (χ1) is 14.4. The van der Waals surface area contributed by atoms with Crippen molar-refractivity contribution in [3.05, 3.63) is 42.2 Å². The van der Waals surface area contributed by atoms with Gasteiger partial charge in [-0.2, -0.15) is 74.3 Å². The van der Waals surface area contributed by atoms with Gasteiger partial charge < -0.3 is 4.18 Å². The molecule has 0 spiro atoms. The van der Waals surface area contributed by atoms with Gasteiger partial charge in [-0.3, -0.25) is 0 Å². The maximum atomic E-state index is 13.5. The van der Waals surface area contributed by atoms with E-state index in [0.717, 1.165) is 18.2 Å². The van der Waals surface area contributed by atoms with Crippen molar-refractivity contribution in [1.82, 2.24) is 0 Å². The van der Waals surface area contributed by atoms with Gasteiger partial charge >= 0.3 is 81.5 Å². The second-order valence-corrected chi connectivity index (χ2v) is 7.35. The van der Waals surface area contributed by atoms with Crippen LogP contribution in [0.25, 0.3) is 0 Å². The first kappa shape index (κ1) is 32.7. The number of hydrogen-bond acceptors (Lipinski definition) is 3. The molecule has 1 rings (SSSR count). The maximum absolute atomic E-state index is 13.5.